The number of rotatable bonds is 6. The molecule has 1 aliphatic rings. The van der Waals surface area contributed by atoms with Crippen molar-refractivity contribution in [2.24, 2.45) is 5.92 Å². The fourth-order valence-corrected chi connectivity index (χ4v) is 4.37. The second kappa shape index (κ2) is 8.91. The Bertz CT molecular complexity index is 1080. The highest BCUT2D eigenvalue weighted by molar-refractivity contribution is 7.91. The molecule has 0 saturated carbocycles. The van der Waals surface area contributed by atoms with Crippen LogP contribution in [0.15, 0.2) is 36.4 Å². The number of ketones is 1. The number of amides is 2. The van der Waals surface area contributed by atoms with Crippen LogP contribution in [-0.4, -0.2) is 67.0 Å². The van der Waals surface area contributed by atoms with Crippen LogP contribution in [0.5, 0.6) is 0 Å². The van der Waals surface area contributed by atoms with Crippen molar-refractivity contribution in [3.05, 3.63) is 42.1 Å². The van der Waals surface area contributed by atoms with Crippen molar-refractivity contribution in [1.82, 2.24) is 15.2 Å². The molecule has 1 fully saturated rings. The average Bonchev–Trinajstić information content (AvgIpc) is 2.71. The van der Waals surface area contributed by atoms with E-state index in [0.717, 1.165) is 11.6 Å². The van der Waals surface area contributed by atoms with Crippen molar-refractivity contribution < 1.29 is 22.8 Å². The molecule has 1 aromatic heterocycles. The van der Waals surface area contributed by atoms with Crippen molar-refractivity contribution in [2.45, 2.75) is 25.8 Å². The van der Waals surface area contributed by atoms with Gasteiger partial charge >= 0.3 is 0 Å². The summed E-state index contributed by atoms with van der Waals surface area (Å²) in [5, 5.41) is 3.58. The molecule has 0 spiro atoms. The van der Waals surface area contributed by atoms with Gasteiger partial charge in [-0.05, 0) is 31.9 Å². The zero-order valence-corrected chi connectivity index (χ0v) is 17.8. The first-order valence-electron chi connectivity index (χ1n) is 9.80. The number of nitrogens with zero attached hydrogens (tertiary/aromatic N) is 2. The summed E-state index contributed by atoms with van der Waals surface area (Å²) in [4.78, 5) is 43.4. The second-order valence-electron chi connectivity index (χ2n) is 7.74. The van der Waals surface area contributed by atoms with E-state index in [9.17, 15) is 22.8 Å². The number of carbonyl (C=O) groups is 3. The van der Waals surface area contributed by atoms with E-state index < -0.39 is 33.5 Å². The summed E-state index contributed by atoms with van der Waals surface area (Å²) in [7, 11) is -3.41. The Morgan fingerprint density at radius 3 is 2.67 bits per heavy atom. The Labute approximate surface area is 175 Å². The summed E-state index contributed by atoms with van der Waals surface area (Å²) in [6.07, 6.45) is 2.19. The summed E-state index contributed by atoms with van der Waals surface area (Å²) in [5.41, 5.74) is 0.903. The van der Waals surface area contributed by atoms with Gasteiger partial charge in [0, 0.05) is 30.6 Å². The van der Waals surface area contributed by atoms with Gasteiger partial charge in [-0.15, -0.1) is 0 Å². The van der Waals surface area contributed by atoms with E-state index in [2.05, 4.69) is 10.3 Å². The van der Waals surface area contributed by atoms with Crippen LogP contribution in [0.3, 0.4) is 0 Å². The standard InChI is InChI=1S/C21H25N3O5S/c1-14(22-20(26)18-10-9-15-6-3-4-8-17(15)23-18)21(27)24-11-5-7-16(12-24)19(25)13-30(2,28)29/h3-4,6,8-10,14,16H,5,7,11-13H2,1-2H3,(H,22,26)/t14-,16+/m1/s1. The van der Waals surface area contributed by atoms with Crippen LogP contribution in [0.4, 0.5) is 0 Å². The predicted octanol–water partition coefficient (Wildman–Crippen LogP) is 1.21. The molecular formula is C21H25N3O5S. The van der Waals surface area contributed by atoms with Crippen molar-refractivity contribution in [1.29, 1.82) is 0 Å². The van der Waals surface area contributed by atoms with E-state index in [-0.39, 0.29) is 23.9 Å². The first-order valence-corrected chi connectivity index (χ1v) is 11.9. The highest BCUT2D eigenvalue weighted by atomic mass is 32.2. The lowest BCUT2D eigenvalue weighted by molar-refractivity contribution is -0.136. The zero-order valence-electron chi connectivity index (χ0n) is 17.0. The van der Waals surface area contributed by atoms with E-state index >= 15 is 0 Å². The van der Waals surface area contributed by atoms with Gasteiger partial charge in [0.05, 0.1) is 5.52 Å². The summed E-state index contributed by atoms with van der Waals surface area (Å²) in [6.45, 7) is 2.22. The first-order chi connectivity index (χ1) is 14.1. The maximum absolute atomic E-state index is 12.8. The predicted molar refractivity (Wildman–Crippen MR) is 113 cm³/mol. The number of piperidine rings is 1. The fraction of sp³-hybridized carbons (Fsp3) is 0.429. The minimum absolute atomic E-state index is 0.168. The second-order valence-corrected chi connectivity index (χ2v) is 9.88. The van der Waals surface area contributed by atoms with E-state index in [4.69, 9.17) is 0 Å². The van der Waals surface area contributed by atoms with Crippen LogP contribution in [0.2, 0.25) is 0 Å². The molecule has 3 rings (SSSR count). The molecule has 8 nitrogen and oxygen atoms in total. The highest BCUT2D eigenvalue weighted by Gasteiger charge is 2.32. The van der Waals surface area contributed by atoms with Crippen LogP contribution in [0.25, 0.3) is 10.9 Å². The number of carbonyl (C=O) groups excluding carboxylic acids is 3. The molecule has 0 radical (unpaired) electrons. The van der Waals surface area contributed by atoms with Gasteiger partial charge in [0.25, 0.3) is 5.91 Å². The van der Waals surface area contributed by atoms with E-state index in [1.54, 1.807) is 19.1 Å². The normalized spacial score (nSPS) is 18.1. The molecule has 1 aliphatic heterocycles. The third kappa shape index (κ3) is 5.41. The molecule has 1 N–H and O–H groups in total. The molecule has 0 bridgehead atoms. The molecule has 1 saturated heterocycles. The Morgan fingerprint density at radius 1 is 1.20 bits per heavy atom. The lowest BCUT2D eigenvalue weighted by Gasteiger charge is -2.33. The maximum atomic E-state index is 12.8. The SMILES string of the molecule is C[C@@H](NC(=O)c1ccc2ccccc2n1)C(=O)N1CCC[C@H](C(=O)CS(C)(=O)=O)C1. The number of hydrogen-bond acceptors (Lipinski definition) is 6. The van der Waals surface area contributed by atoms with Crippen LogP contribution in [0.1, 0.15) is 30.3 Å². The summed E-state index contributed by atoms with van der Waals surface area (Å²) in [6, 6.07) is 10.0. The van der Waals surface area contributed by atoms with Crippen molar-refractivity contribution >= 4 is 38.3 Å². The number of fused-ring (bicyclic) bond motifs is 1. The van der Waals surface area contributed by atoms with E-state index in [0.29, 0.717) is 24.9 Å². The molecule has 2 aromatic rings. The molecule has 2 heterocycles. The molecular weight excluding hydrogens is 406 g/mol. The fourth-order valence-electron chi connectivity index (χ4n) is 3.62. The van der Waals surface area contributed by atoms with Gasteiger partial charge in [-0.3, -0.25) is 14.4 Å². The number of Topliss-reactive ketones (excluding diaryl/α,β-unsaturated/α-hetero) is 1. The number of pyridine rings is 1. The number of aromatic nitrogens is 1. The zero-order chi connectivity index (χ0) is 21.9. The highest BCUT2D eigenvalue weighted by Crippen LogP contribution is 2.19. The summed E-state index contributed by atoms with van der Waals surface area (Å²) >= 11 is 0. The van der Waals surface area contributed by atoms with Crippen molar-refractivity contribution in [3.63, 3.8) is 0 Å². The third-order valence-electron chi connectivity index (χ3n) is 5.14. The van der Waals surface area contributed by atoms with Gasteiger partial charge in [0.2, 0.25) is 5.91 Å². The van der Waals surface area contributed by atoms with Gasteiger partial charge in [0.15, 0.2) is 15.6 Å². The number of hydrogen-bond donors (Lipinski definition) is 1. The Kier molecular flexibility index (Phi) is 6.50. The third-order valence-corrected chi connectivity index (χ3v) is 5.95. The van der Waals surface area contributed by atoms with Crippen LogP contribution >= 0.6 is 0 Å². The van der Waals surface area contributed by atoms with Gasteiger partial charge in [-0.1, -0.05) is 24.3 Å². The number of para-hydroxylation sites is 1. The Hall–Kier alpha value is -2.81. The maximum Gasteiger partial charge on any atom is 0.270 e. The molecule has 2 atom stereocenters. The van der Waals surface area contributed by atoms with E-state index in [1.165, 1.54) is 4.90 Å². The molecule has 0 unspecified atom stereocenters. The minimum Gasteiger partial charge on any atom is -0.340 e. The first kappa shape index (κ1) is 21.9. The quantitative estimate of drug-likeness (QED) is 0.735. The molecule has 2 amide bonds. The summed E-state index contributed by atoms with van der Waals surface area (Å²) < 4.78 is 22.8. The topological polar surface area (TPSA) is 114 Å². The van der Waals surface area contributed by atoms with Gasteiger partial charge in [-0.25, -0.2) is 13.4 Å². The lowest BCUT2D eigenvalue weighted by atomic mass is 9.94. The Morgan fingerprint density at radius 2 is 1.93 bits per heavy atom. The molecule has 160 valence electrons. The van der Waals surface area contributed by atoms with Crippen LogP contribution < -0.4 is 5.32 Å². The number of sulfone groups is 1. The van der Waals surface area contributed by atoms with Gasteiger partial charge in [0.1, 0.15) is 17.5 Å². The number of nitrogens with one attached hydrogen (secondary N) is 1. The minimum atomic E-state index is -3.41. The smallest absolute Gasteiger partial charge is 0.270 e. The monoisotopic (exact) mass is 431 g/mol. The number of likely N-dealkylation sites (tertiary alicyclic amines) is 1. The lowest BCUT2D eigenvalue weighted by Crippen LogP contribution is -2.51. The van der Waals surface area contributed by atoms with Crippen LogP contribution in [-0.2, 0) is 19.4 Å². The van der Waals surface area contributed by atoms with Gasteiger partial charge < -0.3 is 10.2 Å². The number of benzene rings is 1. The van der Waals surface area contributed by atoms with Gasteiger partial charge in [-0.2, -0.15) is 0 Å². The molecule has 9 heteroatoms. The van der Waals surface area contributed by atoms with Crippen molar-refractivity contribution in [3.8, 4) is 0 Å². The summed E-state index contributed by atoms with van der Waals surface area (Å²) in [5.74, 6) is -2.14. The average molecular weight is 432 g/mol. The van der Waals surface area contributed by atoms with Crippen molar-refractivity contribution in [2.75, 3.05) is 25.1 Å². The van der Waals surface area contributed by atoms with Crippen LogP contribution in [0, 0.1) is 5.92 Å². The molecule has 1 aromatic carbocycles. The molecule has 30 heavy (non-hydrogen) atoms. The molecule has 0 aliphatic carbocycles. The largest absolute Gasteiger partial charge is 0.340 e. The Balaban J connectivity index is 1.62. The van der Waals surface area contributed by atoms with E-state index in [1.807, 2.05) is 24.3 Å².